The number of anilines is 1. The number of aromatic nitrogens is 1. The summed E-state index contributed by atoms with van der Waals surface area (Å²) in [6, 6.07) is 0. The Hall–Kier alpha value is -1.69. The second-order valence-electron chi connectivity index (χ2n) is 4.03. The van der Waals surface area contributed by atoms with Gasteiger partial charge in [-0.3, -0.25) is 9.59 Å². The summed E-state index contributed by atoms with van der Waals surface area (Å²) in [6.45, 7) is 0. The maximum Gasteiger partial charge on any atom is 0.311 e. The molecule has 0 aromatic carbocycles. The summed E-state index contributed by atoms with van der Waals surface area (Å²) in [5, 5.41) is 5.05. The third-order valence-corrected chi connectivity index (χ3v) is 3.52. The van der Waals surface area contributed by atoms with Crippen LogP contribution in [0.3, 0.4) is 0 Å². The van der Waals surface area contributed by atoms with Gasteiger partial charge in [0, 0.05) is 11.3 Å². The predicted octanol–water partition coefficient (Wildman–Crippen LogP) is 1.76. The Morgan fingerprint density at radius 3 is 2.89 bits per heavy atom. The molecule has 6 heteroatoms. The van der Waals surface area contributed by atoms with Crippen molar-refractivity contribution < 1.29 is 14.3 Å². The number of hydrogen-bond acceptors (Lipinski definition) is 5. The molecule has 0 unspecified atom stereocenters. The SMILES string of the molecule is COC(=O)Cc1csc(NC(=O)C2CC=CC2)n1. The summed E-state index contributed by atoms with van der Waals surface area (Å²) in [6.07, 6.45) is 5.72. The number of carbonyl (C=O) groups is 2. The molecule has 1 amide bonds. The minimum atomic E-state index is -0.335. The van der Waals surface area contributed by atoms with Crippen LogP contribution in [0.2, 0.25) is 0 Å². The Morgan fingerprint density at radius 1 is 1.50 bits per heavy atom. The number of amides is 1. The molecular formula is C12H14N2O3S. The number of hydrogen-bond donors (Lipinski definition) is 1. The minimum Gasteiger partial charge on any atom is -0.469 e. The van der Waals surface area contributed by atoms with Crippen molar-refractivity contribution in [2.24, 2.45) is 5.92 Å². The average Bonchev–Trinajstić information content (AvgIpc) is 3.00. The van der Waals surface area contributed by atoms with Crippen LogP contribution in [0.25, 0.3) is 0 Å². The van der Waals surface area contributed by atoms with E-state index in [2.05, 4.69) is 15.0 Å². The van der Waals surface area contributed by atoms with Gasteiger partial charge in [-0.05, 0) is 12.8 Å². The van der Waals surface area contributed by atoms with E-state index in [1.165, 1.54) is 18.4 Å². The van der Waals surface area contributed by atoms with Crippen molar-refractivity contribution in [3.8, 4) is 0 Å². The van der Waals surface area contributed by atoms with E-state index >= 15 is 0 Å². The maximum absolute atomic E-state index is 11.8. The van der Waals surface area contributed by atoms with Gasteiger partial charge in [0.05, 0.1) is 19.2 Å². The number of carbonyl (C=O) groups excluding carboxylic acids is 2. The number of thiazole rings is 1. The van der Waals surface area contributed by atoms with Gasteiger partial charge >= 0.3 is 5.97 Å². The molecule has 5 nitrogen and oxygen atoms in total. The van der Waals surface area contributed by atoms with Crippen molar-refractivity contribution in [3.63, 3.8) is 0 Å². The highest BCUT2D eigenvalue weighted by Crippen LogP contribution is 2.22. The molecule has 1 heterocycles. The first-order valence-corrected chi connectivity index (χ1v) is 6.54. The highest BCUT2D eigenvalue weighted by atomic mass is 32.1. The van der Waals surface area contributed by atoms with Crippen molar-refractivity contribution in [1.82, 2.24) is 4.98 Å². The zero-order valence-electron chi connectivity index (χ0n) is 10.0. The molecule has 0 spiro atoms. The highest BCUT2D eigenvalue weighted by molar-refractivity contribution is 7.13. The molecule has 0 radical (unpaired) electrons. The monoisotopic (exact) mass is 266 g/mol. The standard InChI is InChI=1S/C12H14N2O3S/c1-17-10(15)6-9-7-18-12(13-9)14-11(16)8-4-2-3-5-8/h2-3,7-8H,4-6H2,1H3,(H,13,14,16). The third kappa shape index (κ3) is 3.16. The van der Waals surface area contributed by atoms with Crippen LogP contribution in [-0.4, -0.2) is 24.0 Å². The second-order valence-corrected chi connectivity index (χ2v) is 4.88. The topological polar surface area (TPSA) is 68.3 Å². The number of rotatable bonds is 4. The highest BCUT2D eigenvalue weighted by Gasteiger charge is 2.20. The average molecular weight is 266 g/mol. The van der Waals surface area contributed by atoms with Crippen molar-refractivity contribution in [1.29, 1.82) is 0 Å². The molecular weight excluding hydrogens is 252 g/mol. The Kier molecular flexibility index (Phi) is 4.09. The van der Waals surface area contributed by atoms with E-state index < -0.39 is 0 Å². The molecule has 1 N–H and O–H groups in total. The van der Waals surface area contributed by atoms with Crippen LogP contribution in [0, 0.1) is 5.92 Å². The third-order valence-electron chi connectivity index (χ3n) is 2.71. The largest absolute Gasteiger partial charge is 0.469 e. The molecule has 1 aromatic rings. The van der Waals surface area contributed by atoms with Crippen LogP contribution in [-0.2, 0) is 20.7 Å². The fourth-order valence-corrected chi connectivity index (χ4v) is 2.42. The Bertz CT molecular complexity index is 473. The van der Waals surface area contributed by atoms with E-state index in [1.807, 2.05) is 12.2 Å². The lowest BCUT2D eigenvalue weighted by Gasteiger charge is -2.07. The van der Waals surface area contributed by atoms with Gasteiger partial charge in [0.25, 0.3) is 0 Å². The molecule has 18 heavy (non-hydrogen) atoms. The van der Waals surface area contributed by atoms with E-state index in [-0.39, 0.29) is 24.2 Å². The molecule has 0 atom stereocenters. The Labute approximate surface area is 109 Å². The van der Waals surface area contributed by atoms with Crippen molar-refractivity contribution in [2.45, 2.75) is 19.3 Å². The van der Waals surface area contributed by atoms with Crippen molar-refractivity contribution in [3.05, 3.63) is 23.2 Å². The Balaban J connectivity index is 1.90. The zero-order valence-corrected chi connectivity index (χ0v) is 10.8. The van der Waals surface area contributed by atoms with E-state index in [1.54, 1.807) is 5.38 Å². The molecule has 2 rings (SSSR count). The predicted molar refractivity (Wildman–Crippen MR) is 68.3 cm³/mol. The molecule has 0 bridgehead atoms. The maximum atomic E-state index is 11.8. The summed E-state index contributed by atoms with van der Waals surface area (Å²) >= 11 is 1.32. The lowest BCUT2D eigenvalue weighted by Crippen LogP contribution is -2.20. The number of esters is 1. The number of nitrogens with one attached hydrogen (secondary N) is 1. The van der Waals surface area contributed by atoms with Gasteiger partial charge in [0.2, 0.25) is 5.91 Å². The molecule has 0 saturated heterocycles. The van der Waals surface area contributed by atoms with Crippen molar-refractivity contribution in [2.75, 3.05) is 12.4 Å². The van der Waals surface area contributed by atoms with E-state index in [4.69, 9.17) is 0 Å². The van der Waals surface area contributed by atoms with Gasteiger partial charge in [0.1, 0.15) is 0 Å². The van der Waals surface area contributed by atoms with Crippen LogP contribution >= 0.6 is 11.3 Å². The van der Waals surface area contributed by atoms with Crippen LogP contribution in [0.1, 0.15) is 18.5 Å². The molecule has 1 aromatic heterocycles. The smallest absolute Gasteiger partial charge is 0.311 e. The van der Waals surface area contributed by atoms with E-state index in [0.29, 0.717) is 10.8 Å². The fourth-order valence-electron chi connectivity index (χ4n) is 1.70. The van der Waals surface area contributed by atoms with E-state index in [0.717, 1.165) is 12.8 Å². The van der Waals surface area contributed by atoms with Gasteiger partial charge in [-0.1, -0.05) is 12.2 Å². The normalized spacial score (nSPS) is 14.7. The lowest BCUT2D eigenvalue weighted by molar-refractivity contribution is -0.139. The first-order valence-electron chi connectivity index (χ1n) is 5.66. The summed E-state index contributed by atoms with van der Waals surface area (Å²) in [7, 11) is 1.34. The molecule has 0 aliphatic heterocycles. The first-order chi connectivity index (χ1) is 8.69. The van der Waals surface area contributed by atoms with Crippen LogP contribution in [0.15, 0.2) is 17.5 Å². The van der Waals surface area contributed by atoms with Gasteiger partial charge < -0.3 is 10.1 Å². The second kappa shape index (κ2) is 5.77. The van der Waals surface area contributed by atoms with E-state index in [9.17, 15) is 9.59 Å². The molecule has 0 fully saturated rings. The number of ether oxygens (including phenoxy) is 1. The molecule has 96 valence electrons. The number of allylic oxidation sites excluding steroid dienone is 2. The molecule has 1 aliphatic carbocycles. The van der Waals surface area contributed by atoms with Crippen LogP contribution < -0.4 is 5.32 Å². The minimum absolute atomic E-state index is 0.0120. The van der Waals surface area contributed by atoms with Gasteiger partial charge in [0.15, 0.2) is 5.13 Å². The Morgan fingerprint density at radius 2 is 2.22 bits per heavy atom. The number of nitrogens with zero attached hydrogens (tertiary/aromatic N) is 1. The quantitative estimate of drug-likeness (QED) is 0.666. The summed E-state index contributed by atoms with van der Waals surface area (Å²) in [5.74, 6) is -0.338. The lowest BCUT2D eigenvalue weighted by atomic mass is 10.1. The van der Waals surface area contributed by atoms with Gasteiger partial charge in [-0.15, -0.1) is 11.3 Å². The molecule has 0 saturated carbocycles. The van der Waals surface area contributed by atoms with Crippen molar-refractivity contribution >= 4 is 28.3 Å². The number of methoxy groups -OCH3 is 1. The summed E-state index contributed by atoms with van der Waals surface area (Å²) in [4.78, 5) is 27.1. The fraction of sp³-hybridized carbons (Fsp3) is 0.417. The van der Waals surface area contributed by atoms with Gasteiger partial charge in [-0.25, -0.2) is 4.98 Å². The zero-order chi connectivity index (χ0) is 13.0. The van der Waals surface area contributed by atoms with Crippen LogP contribution in [0.4, 0.5) is 5.13 Å². The van der Waals surface area contributed by atoms with Gasteiger partial charge in [-0.2, -0.15) is 0 Å². The summed E-state index contributed by atoms with van der Waals surface area (Å²) in [5.41, 5.74) is 0.617. The van der Waals surface area contributed by atoms with Crippen LogP contribution in [0.5, 0.6) is 0 Å². The summed E-state index contributed by atoms with van der Waals surface area (Å²) < 4.78 is 4.56. The first kappa shape index (κ1) is 12.8. The molecule has 1 aliphatic rings.